The first kappa shape index (κ1) is 22.9. The molecule has 32 heavy (non-hydrogen) atoms. The molecule has 3 N–H and O–H groups in total. The molecule has 7 nitrogen and oxygen atoms in total. The standard InChI is InChI=1S/C24H23N3O4S/c1-30-14-15-31-21-12-10-17(11-13-21)22(28)27-24(32)26-20-9-5-6-18(16-20)23(29)25-19-7-3-2-4-8-19/h2-13,16H,14-15H2,1H3,(H,25,29)(H2,26,27,28,32). The molecule has 8 heteroatoms. The number of nitrogens with one attached hydrogen (secondary N) is 3. The minimum atomic E-state index is -0.357. The van der Waals surface area contributed by atoms with Crippen molar-refractivity contribution in [2.75, 3.05) is 31.0 Å². The zero-order valence-corrected chi connectivity index (χ0v) is 18.3. The normalized spacial score (nSPS) is 10.2. The predicted octanol–water partition coefficient (Wildman–Crippen LogP) is 4.09. The smallest absolute Gasteiger partial charge is 0.257 e. The van der Waals surface area contributed by atoms with Gasteiger partial charge in [0.2, 0.25) is 0 Å². The average molecular weight is 450 g/mol. The molecule has 0 atom stereocenters. The third kappa shape index (κ3) is 6.90. The van der Waals surface area contributed by atoms with Crippen LogP contribution in [0, 0.1) is 0 Å². The Morgan fingerprint density at radius 1 is 0.781 bits per heavy atom. The summed E-state index contributed by atoms with van der Waals surface area (Å²) >= 11 is 5.24. The van der Waals surface area contributed by atoms with Crippen molar-refractivity contribution >= 4 is 40.5 Å². The molecule has 3 aromatic carbocycles. The van der Waals surface area contributed by atoms with Crippen LogP contribution in [0.5, 0.6) is 5.75 Å². The molecular weight excluding hydrogens is 426 g/mol. The number of anilines is 2. The molecule has 164 valence electrons. The number of hydrogen-bond donors (Lipinski definition) is 3. The molecule has 3 rings (SSSR count). The van der Waals surface area contributed by atoms with Gasteiger partial charge >= 0.3 is 0 Å². The number of para-hydroxylation sites is 1. The number of thiocarbonyl (C=S) groups is 1. The van der Waals surface area contributed by atoms with Gasteiger partial charge in [0.15, 0.2) is 5.11 Å². The van der Waals surface area contributed by atoms with Gasteiger partial charge in [-0.25, -0.2) is 0 Å². The fourth-order valence-corrected chi connectivity index (χ4v) is 2.96. The first-order valence-corrected chi connectivity index (χ1v) is 10.3. The van der Waals surface area contributed by atoms with E-state index >= 15 is 0 Å². The van der Waals surface area contributed by atoms with Crippen LogP contribution in [-0.4, -0.2) is 37.3 Å². The molecule has 2 amide bonds. The molecular formula is C24H23N3O4S. The van der Waals surface area contributed by atoms with Crippen LogP contribution < -0.4 is 20.7 Å². The number of hydrogen-bond acceptors (Lipinski definition) is 5. The lowest BCUT2D eigenvalue weighted by Crippen LogP contribution is -2.34. The first-order valence-electron chi connectivity index (χ1n) is 9.86. The molecule has 0 fully saturated rings. The number of methoxy groups -OCH3 is 1. The summed E-state index contributed by atoms with van der Waals surface area (Å²) in [5.41, 5.74) is 2.17. The van der Waals surface area contributed by atoms with Crippen LogP contribution in [0.25, 0.3) is 0 Å². The van der Waals surface area contributed by atoms with Crippen molar-refractivity contribution in [3.8, 4) is 5.75 Å². The monoisotopic (exact) mass is 449 g/mol. The lowest BCUT2D eigenvalue weighted by Gasteiger charge is -2.11. The third-order valence-electron chi connectivity index (χ3n) is 4.31. The number of rotatable bonds is 8. The number of benzene rings is 3. The van der Waals surface area contributed by atoms with Crippen LogP contribution in [0.3, 0.4) is 0 Å². The van der Waals surface area contributed by atoms with E-state index in [0.29, 0.717) is 41.5 Å². The zero-order chi connectivity index (χ0) is 22.8. The lowest BCUT2D eigenvalue weighted by atomic mass is 10.2. The molecule has 3 aromatic rings. The van der Waals surface area contributed by atoms with E-state index in [1.807, 2.05) is 30.3 Å². The number of carbonyl (C=O) groups is 2. The Hall–Kier alpha value is -3.75. The summed E-state index contributed by atoms with van der Waals surface area (Å²) < 4.78 is 10.4. The van der Waals surface area contributed by atoms with E-state index in [0.717, 1.165) is 0 Å². The second kappa shape index (κ2) is 11.6. The Morgan fingerprint density at radius 2 is 1.50 bits per heavy atom. The van der Waals surface area contributed by atoms with Crippen LogP contribution in [0.1, 0.15) is 20.7 Å². The highest BCUT2D eigenvalue weighted by atomic mass is 32.1. The minimum Gasteiger partial charge on any atom is -0.491 e. The van der Waals surface area contributed by atoms with E-state index in [9.17, 15) is 9.59 Å². The van der Waals surface area contributed by atoms with Gasteiger partial charge in [-0.05, 0) is 66.8 Å². The van der Waals surface area contributed by atoms with Gasteiger partial charge in [-0.2, -0.15) is 0 Å². The Kier molecular flexibility index (Phi) is 8.30. The van der Waals surface area contributed by atoms with E-state index in [2.05, 4.69) is 16.0 Å². The Balaban J connectivity index is 1.55. The van der Waals surface area contributed by atoms with E-state index in [1.165, 1.54) is 0 Å². The third-order valence-corrected chi connectivity index (χ3v) is 4.52. The van der Waals surface area contributed by atoms with Crippen molar-refractivity contribution in [1.29, 1.82) is 0 Å². The molecule has 0 bridgehead atoms. The predicted molar refractivity (Wildman–Crippen MR) is 128 cm³/mol. The van der Waals surface area contributed by atoms with Crippen LogP contribution in [0.15, 0.2) is 78.9 Å². The van der Waals surface area contributed by atoms with Crippen molar-refractivity contribution in [2.24, 2.45) is 0 Å². The summed E-state index contributed by atoms with van der Waals surface area (Å²) in [6.45, 7) is 0.912. The SMILES string of the molecule is COCCOc1ccc(C(=O)NC(=S)Nc2cccc(C(=O)Nc3ccccc3)c2)cc1. The minimum absolute atomic E-state index is 0.121. The quantitative estimate of drug-likeness (QED) is 0.355. The number of carbonyl (C=O) groups excluding carboxylic acids is 2. The second-order valence-electron chi connectivity index (χ2n) is 6.67. The topological polar surface area (TPSA) is 88.7 Å². The van der Waals surface area contributed by atoms with E-state index < -0.39 is 0 Å². The number of amides is 2. The lowest BCUT2D eigenvalue weighted by molar-refractivity contribution is 0.0976. The Morgan fingerprint density at radius 3 is 2.22 bits per heavy atom. The molecule has 0 saturated heterocycles. The fourth-order valence-electron chi connectivity index (χ4n) is 2.75. The van der Waals surface area contributed by atoms with Gasteiger partial charge in [0.1, 0.15) is 12.4 Å². The van der Waals surface area contributed by atoms with Crippen LogP contribution in [0.2, 0.25) is 0 Å². The molecule has 0 aliphatic rings. The van der Waals surface area contributed by atoms with E-state index in [4.69, 9.17) is 21.7 Å². The van der Waals surface area contributed by atoms with Crippen molar-refractivity contribution in [3.05, 3.63) is 90.0 Å². The van der Waals surface area contributed by atoms with Gasteiger partial charge < -0.3 is 20.1 Å². The molecule has 0 spiro atoms. The van der Waals surface area contributed by atoms with E-state index in [-0.39, 0.29) is 16.9 Å². The fraction of sp³-hybridized carbons (Fsp3) is 0.125. The van der Waals surface area contributed by atoms with Crippen molar-refractivity contribution in [3.63, 3.8) is 0 Å². The maximum absolute atomic E-state index is 12.5. The van der Waals surface area contributed by atoms with Gasteiger partial charge in [-0.15, -0.1) is 0 Å². The Labute approximate surface area is 191 Å². The molecule has 0 aromatic heterocycles. The summed E-state index contributed by atoms with van der Waals surface area (Å²) in [4.78, 5) is 24.9. The zero-order valence-electron chi connectivity index (χ0n) is 17.5. The molecule has 0 heterocycles. The van der Waals surface area contributed by atoms with Gasteiger partial charge in [0, 0.05) is 29.6 Å². The highest BCUT2D eigenvalue weighted by Crippen LogP contribution is 2.14. The molecule has 0 radical (unpaired) electrons. The average Bonchev–Trinajstić information content (AvgIpc) is 2.80. The molecule has 0 aliphatic carbocycles. The molecule has 0 aliphatic heterocycles. The van der Waals surface area contributed by atoms with Gasteiger partial charge in [-0.3, -0.25) is 14.9 Å². The Bertz CT molecular complexity index is 1070. The summed E-state index contributed by atoms with van der Waals surface area (Å²) in [5, 5.41) is 8.50. The van der Waals surface area contributed by atoms with Gasteiger partial charge in [0.25, 0.3) is 11.8 Å². The highest BCUT2D eigenvalue weighted by molar-refractivity contribution is 7.80. The summed E-state index contributed by atoms with van der Waals surface area (Å²) in [6.07, 6.45) is 0. The van der Waals surface area contributed by atoms with Crippen LogP contribution >= 0.6 is 12.2 Å². The van der Waals surface area contributed by atoms with Gasteiger partial charge in [0.05, 0.1) is 6.61 Å². The van der Waals surface area contributed by atoms with Crippen LogP contribution in [0.4, 0.5) is 11.4 Å². The summed E-state index contributed by atoms with van der Waals surface area (Å²) in [7, 11) is 1.60. The largest absolute Gasteiger partial charge is 0.491 e. The van der Waals surface area contributed by atoms with Crippen LogP contribution in [-0.2, 0) is 4.74 Å². The maximum Gasteiger partial charge on any atom is 0.257 e. The summed E-state index contributed by atoms with van der Waals surface area (Å²) in [6, 6.07) is 22.7. The van der Waals surface area contributed by atoms with Crippen molar-refractivity contribution in [2.45, 2.75) is 0 Å². The maximum atomic E-state index is 12.5. The first-order chi connectivity index (χ1) is 15.5. The summed E-state index contributed by atoms with van der Waals surface area (Å²) in [5.74, 6) is 0.0384. The van der Waals surface area contributed by atoms with Crippen molar-refractivity contribution in [1.82, 2.24) is 5.32 Å². The molecule has 0 unspecified atom stereocenters. The molecule has 0 saturated carbocycles. The van der Waals surface area contributed by atoms with Crippen molar-refractivity contribution < 1.29 is 19.1 Å². The van der Waals surface area contributed by atoms with Gasteiger partial charge in [-0.1, -0.05) is 24.3 Å². The number of ether oxygens (including phenoxy) is 2. The second-order valence-corrected chi connectivity index (χ2v) is 7.08. The highest BCUT2D eigenvalue weighted by Gasteiger charge is 2.10. The van der Waals surface area contributed by atoms with E-state index in [1.54, 1.807) is 55.6 Å².